The first-order valence-corrected chi connectivity index (χ1v) is 19.3. The highest BCUT2D eigenvalue weighted by molar-refractivity contribution is 5.90. The number of amides is 5. The zero-order valence-corrected chi connectivity index (χ0v) is 33.1. The predicted molar refractivity (Wildman–Crippen MR) is 207 cm³/mol. The van der Waals surface area contributed by atoms with Crippen LogP contribution in [-0.4, -0.2) is 174 Å². The molecule has 0 aliphatic carbocycles. The van der Waals surface area contributed by atoms with Crippen molar-refractivity contribution in [2.24, 2.45) is 33.7 Å². The third-order valence-electron chi connectivity index (χ3n) is 9.82. The van der Waals surface area contributed by atoms with Gasteiger partial charge in [-0.15, -0.1) is 0 Å². The van der Waals surface area contributed by atoms with E-state index in [-0.39, 0.29) is 68.5 Å². The molecule has 2 aliphatic rings. The van der Waals surface area contributed by atoms with Gasteiger partial charge in [-0.1, -0.05) is 0 Å². The quantitative estimate of drug-likeness (QED) is 0.0381. The van der Waals surface area contributed by atoms with Crippen LogP contribution in [0, 0.1) is 0 Å². The monoisotopic (exact) mass is 832 g/mol. The Morgan fingerprint density at radius 1 is 0.948 bits per heavy atom. The van der Waals surface area contributed by atoms with Crippen molar-refractivity contribution in [2.45, 2.75) is 132 Å². The van der Waals surface area contributed by atoms with Crippen molar-refractivity contribution < 1.29 is 58.7 Å². The summed E-state index contributed by atoms with van der Waals surface area (Å²) in [4.78, 5) is 79.5. The molecule has 2 heterocycles. The SMILES string of the molecule is CC(=O)N(C)[C@@H](CCCNC(=O)C[C@@H](N)CCCNC(=O)C[C@@H](N)CCCN)CC(=O)N[C@@H]1[C@H](O)[C@@H](OC(N)=O)[C@@H](CO)O[C@H]1NC1=N[C@H]([C@H](O)CN)[C@@H](C(=O)O)N1. The third kappa shape index (κ3) is 16.4. The van der Waals surface area contributed by atoms with E-state index < -0.39 is 85.4 Å². The number of carbonyl (C=O) groups excluding carboxylic acids is 5. The number of hydrogen-bond donors (Lipinski definition) is 14. The van der Waals surface area contributed by atoms with Crippen molar-refractivity contribution in [3.05, 3.63) is 0 Å². The Bertz CT molecular complexity index is 1400. The number of nitrogens with two attached hydrogens (primary N) is 5. The van der Waals surface area contributed by atoms with Gasteiger partial charge in [-0.05, 0) is 45.1 Å². The summed E-state index contributed by atoms with van der Waals surface area (Å²) in [5, 5.41) is 54.7. The van der Waals surface area contributed by atoms with Crippen LogP contribution in [0.1, 0.15) is 64.7 Å². The van der Waals surface area contributed by atoms with E-state index in [2.05, 4.69) is 31.6 Å². The maximum absolute atomic E-state index is 13.6. The Kier molecular flexibility index (Phi) is 21.6. The van der Waals surface area contributed by atoms with Crippen LogP contribution in [0.2, 0.25) is 0 Å². The highest BCUT2D eigenvalue weighted by Gasteiger charge is 2.49. The maximum atomic E-state index is 13.6. The largest absolute Gasteiger partial charge is 0.480 e. The molecule has 0 aromatic carbocycles. The van der Waals surface area contributed by atoms with Crippen LogP contribution in [0.5, 0.6) is 0 Å². The highest BCUT2D eigenvalue weighted by atomic mass is 16.6. The molecule has 24 nitrogen and oxygen atoms in total. The number of aliphatic carboxylic acids is 1. The van der Waals surface area contributed by atoms with Crippen LogP contribution in [0.3, 0.4) is 0 Å². The molecule has 19 N–H and O–H groups in total. The van der Waals surface area contributed by atoms with E-state index in [1.807, 2.05) is 0 Å². The van der Waals surface area contributed by atoms with Crippen molar-refractivity contribution in [1.82, 2.24) is 31.5 Å². The van der Waals surface area contributed by atoms with Crippen LogP contribution in [0.25, 0.3) is 0 Å². The van der Waals surface area contributed by atoms with E-state index in [1.54, 1.807) is 0 Å². The number of carbonyl (C=O) groups is 6. The molecule has 0 bridgehead atoms. The van der Waals surface area contributed by atoms with Crippen molar-refractivity contribution in [3.8, 4) is 0 Å². The highest BCUT2D eigenvalue weighted by Crippen LogP contribution is 2.24. The predicted octanol–water partition coefficient (Wildman–Crippen LogP) is -6.09. The number of rotatable bonds is 25. The fourth-order valence-corrected chi connectivity index (χ4v) is 6.54. The molecule has 2 aliphatic heterocycles. The lowest BCUT2D eigenvalue weighted by atomic mass is 9.95. The molecule has 332 valence electrons. The molecule has 11 atom stereocenters. The third-order valence-corrected chi connectivity index (χ3v) is 9.82. The van der Waals surface area contributed by atoms with E-state index in [4.69, 9.17) is 38.1 Å². The summed E-state index contributed by atoms with van der Waals surface area (Å²) in [6.07, 6.45) is -5.72. The van der Waals surface area contributed by atoms with Crippen molar-refractivity contribution in [2.75, 3.05) is 39.8 Å². The lowest BCUT2D eigenvalue weighted by Gasteiger charge is -2.44. The van der Waals surface area contributed by atoms with E-state index >= 15 is 0 Å². The number of carboxylic acid groups (broad SMARTS) is 1. The second kappa shape index (κ2) is 25.1. The molecule has 1 fully saturated rings. The van der Waals surface area contributed by atoms with E-state index in [0.717, 1.165) is 6.42 Å². The molecule has 0 saturated carbocycles. The minimum absolute atomic E-state index is 0.0445. The zero-order valence-electron chi connectivity index (χ0n) is 33.1. The Morgan fingerprint density at radius 3 is 2.05 bits per heavy atom. The van der Waals surface area contributed by atoms with Gasteiger partial charge in [0.25, 0.3) is 0 Å². The molecule has 5 amide bonds. The Hall–Kier alpha value is -4.43. The molecule has 0 aromatic rings. The van der Waals surface area contributed by atoms with Gasteiger partial charge in [0.05, 0.1) is 12.7 Å². The van der Waals surface area contributed by atoms with Gasteiger partial charge >= 0.3 is 12.1 Å². The molecule has 58 heavy (non-hydrogen) atoms. The summed E-state index contributed by atoms with van der Waals surface area (Å²) in [5.41, 5.74) is 28.2. The molecular formula is C34H64N12O12. The van der Waals surface area contributed by atoms with Gasteiger partial charge in [-0.2, -0.15) is 0 Å². The van der Waals surface area contributed by atoms with Gasteiger partial charge in [0.15, 0.2) is 24.3 Å². The molecule has 24 heteroatoms. The number of aliphatic hydroxyl groups excluding tert-OH is 3. The number of guanidine groups is 1. The zero-order chi connectivity index (χ0) is 43.5. The molecule has 0 radical (unpaired) electrons. The van der Waals surface area contributed by atoms with E-state index in [0.29, 0.717) is 38.8 Å². The van der Waals surface area contributed by atoms with Gasteiger partial charge in [0.2, 0.25) is 23.6 Å². The number of ether oxygens (including phenoxy) is 2. The Morgan fingerprint density at radius 2 is 1.53 bits per heavy atom. The fraction of sp³-hybridized carbons (Fsp3) is 0.794. The van der Waals surface area contributed by atoms with Gasteiger partial charge < -0.3 is 90.1 Å². The van der Waals surface area contributed by atoms with Gasteiger partial charge in [0.1, 0.15) is 24.3 Å². The minimum atomic E-state index is -1.75. The molecule has 0 spiro atoms. The van der Waals surface area contributed by atoms with Crippen LogP contribution >= 0.6 is 0 Å². The number of aliphatic imine (C=N–C) groups is 1. The van der Waals surface area contributed by atoms with Gasteiger partial charge in [-0.25, -0.2) is 14.6 Å². The van der Waals surface area contributed by atoms with Crippen LogP contribution < -0.4 is 55.3 Å². The Labute approximate surface area is 336 Å². The first-order valence-electron chi connectivity index (χ1n) is 19.3. The van der Waals surface area contributed by atoms with Crippen LogP contribution in [-0.2, 0) is 33.4 Å². The first kappa shape index (κ1) is 49.7. The van der Waals surface area contributed by atoms with Gasteiger partial charge in [-0.3, -0.25) is 19.2 Å². The molecule has 2 rings (SSSR count). The number of nitrogens with zero attached hydrogens (tertiary/aromatic N) is 2. The second-order valence-electron chi connectivity index (χ2n) is 14.5. The van der Waals surface area contributed by atoms with Gasteiger partial charge in [0, 0.05) is 71.0 Å². The average molecular weight is 833 g/mol. The number of hydrogen-bond acceptors (Lipinski definition) is 18. The number of carboxylic acids is 1. The first-order chi connectivity index (χ1) is 27.4. The second-order valence-corrected chi connectivity index (χ2v) is 14.5. The summed E-state index contributed by atoms with van der Waals surface area (Å²) < 4.78 is 10.8. The lowest BCUT2D eigenvalue weighted by Crippen LogP contribution is -2.69. The summed E-state index contributed by atoms with van der Waals surface area (Å²) in [6.45, 7) is 1.34. The summed E-state index contributed by atoms with van der Waals surface area (Å²) in [5.74, 6) is -3.07. The van der Waals surface area contributed by atoms with Crippen LogP contribution in [0.15, 0.2) is 4.99 Å². The summed E-state index contributed by atoms with van der Waals surface area (Å²) in [6, 6.07) is -5.46. The standard InChI is InChI=1S/C34H64N12O12/c1-17(48)46(2)20(8-5-11-41-24(51)13-19(38)7-4-10-40-23(50)12-18(37)6-3-9-35)14-25(52)42-28-29(53)30(58-33(39)56)22(16-47)57-31(28)45-34-43-26(21(49)15-36)27(44-34)32(54)55/h18-22,26-31,47,49,53H,3-16,35-38H2,1-2H3,(H2,39,56)(H,40,50)(H,41,51)(H,42,52)(H,54,55)(H2,43,44,45)/t18-,19-,20-,21+,22+,26+,27-,28+,29-,30-,31+/m0/s1. The lowest BCUT2D eigenvalue weighted by molar-refractivity contribution is -0.198. The number of nitrogens with one attached hydrogen (secondary N) is 5. The molecule has 0 aromatic heterocycles. The van der Waals surface area contributed by atoms with Crippen molar-refractivity contribution in [1.29, 1.82) is 0 Å². The molecular weight excluding hydrogens is 768 g/mol. The maximum Gasteiger partial charge on any atom is 0.404 e. The van der Waals surface area contributed by atoms with Crippen LogP contribution in [0.4, 0.5) is 4.79 Å². The fourth-order valence-electron chi connectivity index (χ4n) is 6.54. The summed E-state index contributed by atoms with van der Waals surface area (Å²) in [7, 11) is 1.50. The van der Waals surface area contributed by atoms with Crippen molar-refractivity contribution in [3.63, 3.8) is 0 Å². The van der Waals surface area contributed by atoms with Crippen molar-refractivity contribution >= 4 is 41.7 Å². The molecule has 1 saturated heterocycles. The number of aliphatic hydroxyl groups is 3. The molecule has 0 unspecified atom stereocenters. The topological polar surface area (TPSA) is 408 Å². The normalized spacial score (nSPS) is 24.8. The smallest absolute Gasteiger partial charge is 0.404 e. The average Bonchev–Trinajstić information content (AvgIpc) is 3.59. The Balaban J connectivity index is 2.01. The minimum Gasteiger partial charge on any atom is -0.480 e. The summed E-state index contributed by atoms with van der Waals surface area (Å²) >= 11 is 0. The van der Waals surface area contributed by atoms with E-state index in [1.165, 1.54) is 18.9 Å². The van der Waals surface area contributed by atoms with E-state index in [9.17, 15) is 49.2 Å². The number of primary amides is 1.